The smallest absolute Gasteiger partial charge is 0.229 e. The number of rotatable bonds is 3. The summed E-state index contributed by atoms with van der Waals surface area (Å²) in [7, 11) is 0. The van der Waals surface area contributed by atoms with Crippen LogP contribution in [0.1, 0.15) is 49.7 Å². The predicted molar refractivity (Wildman–Crippen MR) is 102 cm³/mol. The Kier molecular flexibility index (Phi) is 4.29. The Hall–Kier alpha value is -3.36. The summed E-state index contributed by atoms with van der Waals surface area (Å²) >= 11 is 0. The second kappa shape index (κ2) is 6.66. The Labute approximate surface area is 161 Å². The highest BCUT2D eigenvalue weighted by atomic mass is 19.1. The molecule has 8 nitrogen and oxygen atoms in total. The molecule has 0 spiro atoms. The van der Waals surface area contributed by atoms with E-state index in [-0.39, 0.29) is 11.7 Å². The first-order chi connectivity index (χ1) is 13.4. The number of hydrogen-bond donors (Lipinski definition) is 0. The van der Waals surface area contributed by atoms with E-state index in [2.05, 4.69) is 32.0 Å². The van der Waals surface area contributed by atoms with Gasteiger partial charge >= 0.3 is 0 Å². The van der Waals surface area contributed by atoms with Gasteiger partial charge in [-0.3, -0.25) is 4.57 Å². The van der Waals surface area contributed by atoms with Gasteiger partial charge in [0, 0.05) is 12.3 Å². The molecule has 0 fully saturated rings. The largest absolute Gasteiger partial charge is 0.339 e. The van der Waals surface area contributed by atoms with Crippen LogP contribution in [-0.2, 0) is 6.42 Å². The van der Waals surface area contributed by atoms with Crippen molar-refractivity contribution in [2.45, 2.75) is 40.0 Å². The highest BCUT2D eigenvalue weighted by molar-refractivity contribution is 5.89. The molecule has 0 aliphatic carbocycles. The maximum atomic E-state index is 13.4. The molecule has 9 heteroatoms. The van der Waals surface area contributed by atoms with Crippen molar-refractivity contribution < 1.29 is 8.91 Å². The van der Waals surface area contributed by atoms with Crippen molar-refractivity contribution >= 4 is 11.4 Å². The standard InChI is InChI=1S/C19H20FN7O/c1-10(2)19-22-18(24-28-19)17-16-8-15-12(4)23-25-27(15)13(5)14(7-6-11(3)20)26(16)9-21-17/h6-7,9-10H,5,8H2,1-4H3/b11-6+,14-7+. The molecule has 1 aliphatic rings. The van der Waals surface area contributed by atoms with Gasteiger partial charge in [0.15, 0.2) is 0 Å². The zero-order chi connectivity index (χ0) is 20.0. The van der Waals surface area contributed by atoms with Crippen LogP contribution in [0.15, 0.2) is 35.4 Å². The molecule has 144 valence electrons. The summed E-state index contributed by atoms with van der Waals surface area (Å²) in [5, 5.41) is 12.4. The number of imidazole rings is 1. The quantitative estimate of drug-likeness (QED) is 0.687. The maximum absolute atomic E-state index is 13.4. The van der Waals surface area contributed by atoms with E-state index in [9.17, 15) is 4.39 Å². The van der Waals surface area contributed by atoms with Crippen LogP contribution in [0, 0.1) is 6.92 Å². The van der Waals surface area contributed by atoms with Gasteiger partial charge in [-0.1, -0.05) is 30.8 Å². The van der Waals surface area contributed by atoms with E-state index in [1.54, 1.807) is 17.1 Å². The predicted octanol–water partition coefficient (Wildman–Crippen LogP) is 3.75. The van der Waals surface area contributed by atoms with Crippen molar-refractivity contribution in [3.05, 3.63) is 53.9 Å². The zero-order valence-corrected chi connectivity index (χ0v) is 16.1. The van der Waals surface area contributed by atoms with Crippen molar-refractivity contribution in [2.24, 2.45) is 0 Å². The van der Waals surface area contributed by atoms with Crippen LogP contribution < -0.4 is 0 Å². The third-order valence-electron chi connectivity index (χ3n) is 4.59. The number of aromatic nitrogens is 7. The monoisotopic (exact) mass is 381 g/mol. The fourth-order valence-corrected chi connectivity index (χ4v) is 3.08. The number of nitrogens with zero attached hydrogens (tertiary/aromatic N) is 7. The van der Waals surface area contributed by atoms with E-state index < -0.39 is 0 Å². The summed E-state index contributed by atoms with van der Waals surface area (Å²) in [6.45, 7) is 11.4. The van der Waals surface area contributed by atoms with Crippen LogP contribution in [0.25, 0.3) is 22.9 Å². The first-order valence-electron chi connectivity index (χ1n) is 8.92. The molecule has 4 heterocycles. The molecular weight excluding hydrogens is 361 g/mol. The molecule has 0 aromatic carbocycles. The molecule has 0 saturated carbocycles. The Morgan fingerprint density at radius 1 is 1.36 bits per heavy atom. The van der Waals surface area contributed by atoms with E-state index >= 15 is 0 Å². The van der Waals surface area contributed by atoms with E-state index in [1.165, 1.54) is 13.0 Å². The molecule has 0 radical (unpaired) electrons. The highest BCUT2D eigenvalue weighted by Gasteiger charge is 2.28. The molecule has 28 heavy (non-hydrogen) atoms. The van der Waals surface area contributed by atoms with E-state index in [0.717, 1.165) is 17.1 Å². The lowest BCUT2D eigenvalue weighted by Gasteiger charge is -2.10. The number of fused-ring (bicyclic) bond motifs is 2. The first kappa shape index (κ1) is 18.0. The number of halogens is 1. The lowest BCUT2D eigenvalue weighted by Crippen LogP contribution is -2.04. The van der Waals surface area contributed by atoms with Crippen molar-refractivity contribution in [1.29, 1.82) is 0 Å². The van der Waals surface area contributed by atoms with Crippen molar-refractivity contribution in [2.75, 3.05) is 0 Å². The summed E-state index contributed by atoms with van der Waals surface area (Å²) in [5.74, 6) is 0.757. The van der Waals surface area contributed by atoms with Crippen LogP contribution in [0.3, 0.4) is 0 Å². The number of allylic oxidation sites excluding steroid dienone is 5. The summed E-state index contributed by atoms with van der Waals surface area (Å²) in [5.41, 5.74) is 4.31. The molecule has 0 amide bonds. The van der Waals surface area contributed by atoms with E-state index in [1.807, 2.05) is 25.3 Å². The minimum Gasteiger partial charge on any atom is -0.339 e. The second-order valence-corrected chi connectivity index (χ2v) is 6.98. The summed E-state index contributed by atoms with van der Waals surface area (Å²) in [4.78, 5) is 8.98. The van der Waals surface area contributed by atoms with Gasteiger partial charge in [0.05, 0.1) is 34.3 Å². The number of hydrogen-bond acceptors (Lipinski definition) is 6. The lowest BCUT2D eigenvalue weighted by molar-refractivity contribution is 0.365. The molecule has 4 rings (SSSR count). The first-order valence-corrected chi connectivity index (χ1v) is 8.92. The van der Waals surface area contributed by atoms with Gasteiger partial charge in [-0.05, 0) is 26.0 Å². The van der Waals surface area contributed by atoms with Crippen LogP contribution in [0.2, 0.25) is 0 Å². The van der Waals surface area contributed by atoms with Gasteiger partial charge < -0.3 is 4.52 Å². The van der Waals surface area contributed by atoms with Crippen LogP contribution in [0.4, 0.5) is 4.39 Å². The molecule has 0 bridgehead atoms. The van der Waals surface area contributed by atoms with Crippen LogP contribution >= 0.6 is 0 Å². The maximum Gasteiger partial charge on any atom is 0.229 e. The minimum atomic E-state index is -0.318. The van der Waals surface area contributed by atoms with Gasteiger partial charge in [0.1, 0.15) is 12.0 Å². The molecule has 3 aromatic heterocycles. The van der Waals surface area contributed by atoms with Crippen molar-refractivity contribution in [3.63, 3.8) is 0 Å². The van der Waals surface area contributed by atoms with Gasteiger partial charge in [-0.2, -0.15) is 4.98 Å². The van der Waals surface area contributed by atoms with E-state index in [0.29, 0.717) is 35.2 Å². The molecular formula is C19H20FN7O. The Morgan fingerprint density at radius 3 is 2.82 bits per heavy atom. The van der Waals surface area contributed by atoms with E-state index in [4.69, 9.17) is 4.52 Å². The Bertz CT molecular complexity index is 1130. The summed E-state index contributed by atoms with van der Waals surface area (Å²) in [6, 6.07) is 0. The fraction of sp³-hybridized carbons (Fsp3) is 0.316. The molecule has 0 saturated heterocycles. The summed E-state index contributed by atoms with van der Waals surface area (Å²) in [6.07, 6.45) is 5.18. The van der Waals surface area contributed by atoms with Gasteiger partial charge in [-0.25, -0.2) is 14.1 Å². The average molecular weight is 381 g/mol. The Morgan fingerprint density at radius 2 is 2.14 bits per heavy atom. The van der Waals surface area contributed by atoms with Crippen LogP contribution in [-0.4, -0.2) is 34.7 Å². The third-order valence-corrected chi connectivity index (χ3v) is 4.59. The molecule has 0 N–H and O–H groups in total. The third kappa shape index (κ3) is 2.88. The van der Waals surface area contributed by atoms with Crippen molar-refractivity contribution in [3.8, 4) is 11.5 Å². The molecule has 1 aliphatic heterocycles. The molecule has 0 unspecified atom stereocenters. The minimum absolute atomic E-state index is 0.114. The normalized spacial score (nSPS) is 15.9. The molecule has 0 atom stereocenters. The summed E-state index contributed by atoms with van der Waals surface area (Å²) < 4.78 is 22.3. The SMILES string of the molecule is C=C1/C(=C\C=C(/C)F)n2cnc(-c3noc(C(C)C)n3)c2Cc2c(C)nnn21. The van der Waals surface area contributed by atoms with Gasteiger partial charge in [0.25, 0.3) is 0 Å². The van der Waals surface area contributed by atoms with Crippen molar-refractivity contribution in [1.82, 2.24) is 34.7 Å². The average Bonchev–Trinajstić information content (AvgIpc) is 3.33. The Balaban J connectivity index is 1.93. The zero-order valence-electron chi connectivity index (χ0n) is 16.1. The van der Waals surface area contributed by atoms with Gasteiger partial charge in [-0.15, -0.1) is 5.10 Å². The lowest BCUT2D eigenvalue weighted by atomic mass is 10.1. The second-order valence-electron chi connectivity index (χ2n) is 6.98. The fourth-order valence-electron chi connectivity index (χ4n) is 3.08. The topological polar surface area (TPSA) is 87.4 Å². The van der Waals surface area contributed by atoms with Crippen LogP contribution in [0.5, 0.6) is 0 Å². The molecule has 3 aromatic rings. The highest BCUT2D eigenvalue weighted by Crippen LogP contribution is 2.33. The van der Waals surface area contributed by atoms with Gasteiger partial charge in [0.2, 0.25) is 11.7 Å². The number of aryl methyl sites for hydroxylation is 1.